The van der Waals surface area contributed by atoms with E-state index in [2.05, 4.69) is 15.4 Å². The first-order valence-corrected chi connectivity index (χ1v) is 8.00. The Morgan fingerprint density at radius 3 is 2.44 bits per heavy atom. The van der Waals surface area contributed by atoms with Gasteiger partial charge in [-0.1, -0.05) is 41.9 Å². The summed E-state index contributed by atoms with van der Waals surface area (Å²) in [6.45, 7) is 1.59. The maximum atomic E-state index is 12.3. The second kappa shape index (κ2) is 7.27. The lowest BCUT2D eigenvalue weighted by molar-refractivity contribution is -0.119. The number of hydrogen-bond acceptors (Lipinski definition) is 4. The molecule has 1 heterocycles. The number of para-hydroxylation sites is 1. The quantitative estimate of drug-likeness (QED) is 0.780. The van der Waals surface area contributed by atoms with Crippen molar-refractivity contribution in [2.24, 2.45) is 0 Å². The van der Waals surface area contributed by atoms with E-state index in [1.807, 2.05) is 18.2 Å². The Morgan fingerprint density at radius 2 is 1.80 bits per heavy atom. The Balaban J connectivity index is 1.81. The summed E-state index contributed by atoms with van der Waals surface area (Å²) >= 11 is 5.85. The van der Waals surface area contributed by atoms with Crippen LogP contribution in [-0.2, 0) is 4.79 Å². The summed E-state index contributed by atoms with van der Waals surface area (Å²) in [5.74, 6) is -0.346. The Bertz CT molecular complexity index is 939. The minimum Gasteiger partial charge on any atom is -0.324 e. The van der Waals surface area contributed by atoms with Gasteiger partial charge in [0, 0.05) is 16.3 Å². The molecule has 2 aromatic carbocycles. The van der Waals surface area contributed by atoms with Crippen molar-refractivity contribution in [2.45, 2.75) is 13.0 Å². The summed E-state index contributed by atoms with van der Waals surface area (Å²) in [5, 5.41) is 7.42. The standard InChI is InChI=1S/C18H15ClN4O2/c1-12(17(24)21-15-5-3-2-4-6-15)23-18(25)22-16(11-20-23)13-7-9-14(19)10-8-13/h2-12H,1H3,(H,21,24). The first-order chi connectivity index (χ1) is 12.0. The van der Waals surface area contributed by atoms with E-state index in [9.17, 15) is 9.59 Å². The lowest BCUT2D eigenvalue weighted by Gasteiger charge is -2.13. The van der Waals surface area contributed by atoms with Crippen LogP contribution >= 0.6 is 11.6 Å². The maximum absolute atomic E-state index is 12.3. The van der Waals surface area contributed by atoms with Gasteiger partial charge in [-0.15, -0.1) is 0 Å². The topological polar surface area (TPSA) is 76.9 Å². The zero-order valence-electron chi connectivity index (χ0n) is 13.4. The van der Waals surface area contributed by atoms with Gasteiger partial charge in [0.25, 0.3) is 0 Å². The van der Waals surface area contributed by atoms with E-state index in [0.717, 1.165) is 10.2 Å². The molecule has 0 aliphatic rings. The van der Waals surface area contributed by atoms with E-state index in [1.165, 1.54) is 6.20 Å². The number of aromatic nitrogens is 3. The molecule has 3 aromatic rings. The zero-order chi connectivity index (χ0) is 17.8. The van der Waals surface area contributed by atoms with Crippen LogP contribution in [0.25, 0.3) is 11.3 Å². The number of anilines is 1. The number of rotatable bonds is 4. The number of halogens is 1. The van der Waals surface area contributed by atoms with Crippen molar-refractivity contribution in [3.05, 3.63) is 76.3 Å². The Hall–Kier alpha value is -2.99. The Morgan fingerprint density at radius 1 is 1.12 bits per heavy atom. The fourth-order valence-corrected chi connectivity index (χ4v) is 2.38. The summed E-state index contributed by atoms with van der Waals surface area (Å²) in [6.07, 6.45) is 1.46. The third kappa shape index (κ3) is 3.92. The SMILES string of the molecule is CC(C(=O)Nc1ccccc1)n1ncc(-c2ccc(Cl)cc2)nc1=O. The van der Waals surface area contributed by atoms with Crippen LogP contribution in [0.4, 0.5) is 5.69 Å². The van der Waals surface area contributed by atoms with Crippen molar-refractivity contribution < 1.29 is 4.79 Å². The zero-order valence-corrected chi connectivity index (χ0v) is 14.1. The van der Waals surface area contributed by atoms with Gasteiger partial charge in [0.05, 0.1) is 11.9 Å². The first kappa shape index (κ1) is 16.9. The van der Waals surface area contributed by atoms with E-state index in [1.54, 1.807) is 43.3 Å². The van der Waals surface area contributed by atoms with Crippen LogP contribution < -0.4 is 11.0 Å². The highest BCUT2D eigenvalue weighted by atomic mass is 35.5. The minimum atomic E-state index is -0.792. The van der Waals surface area contributed by atoms with Gasteiger partial charge in [-0.2, -0.15) is 10.1 Å². The Kier molecular flexibility index (Phi) is 4.90. The number of hydrogen-bond donors (Lipinski definition) is 1. The fraction of sp³-hybridized carbons (Fsp3) is 0.111. The van der Waals surface area contributed by atoms with E-state index in [-0.39, 0.29) is 5.91 Å². The molecule has 0 saturated carbocycles. The summed E-state index contributed by atoms with van der Waals surface area (Å²) in [6, 6.07) is 15.1. The lowest BCUT2D eigenvalue weighted by atomic mass is 10.2. The minimum absolute atomic E-state index is 0.346. The third-order valence-electron chi connectivity index (χ3n) is 3.64. The van der Waals surface area contributed by atoms with Gasteiger partial charge in [0.2, 0.25) is 5.91 Å². The normalized spacial score (nSPS) is 11.8. The van der Waals surface area contributed by atoms with Crippen molar-refractivity contribution in [3.8, 4) is 11.3 Å². The van der Waals surface area contributed by atoms with Crippen molar-refractivity contribution in [3.63, 3.8) is 0 Å². The van der Waals surface area contributed by atoms with Gasteiger partial charge in [-0.05, 0) is 31.2 Å². The molecule has 25 heavy (non-hydrogen) atoms. The van der Waals surface area contributed by atoms with Crippen molar-refractivity contribution >= 4 is 23.2 Å². The van der Waals surface area contributed by atoms with Gasteiger partial charge >= 0.3 is 5.69 Å². The number of nitrogens with one attached hydrogen (secondary N) is 1. The fourth-order valence-electron chi connectivity index (χ4n) is 2.25. The summed E-state index contributed by atoms with van der Waals surface area (Å²) in [5.41, 5.74) is 1.21. The van der Waals surface area contributed by atoms with Crippen LogP contribution in [0.2, 0.25) is 5.02 Å². The molecule has 0 fully saturated rings. The highest BCUT2D eigenvalue weighted by Crippen LogP contribution is 2.18. The van der Waals surface area contributed by atoms with Crippen LogP contribution in [0.15, 0.2) is 65.6 Å². The van der Waals surface area contributed by atoms with Crippen LogP contribution in [0, 0.1) is 0 Å². The number of carbonyl (C=O) groups excluding carboxylic acids is 1. The van der Waals surface area contributed by atoms with Crippen LogP contribution in [0.5, 0.6) is 0 Å². The average Bonchev–Trinajstić information content (AvgIpc) is 2.62. The molecule has 0 radical (unpaired) electrons. The highest BCUT2D eigenvalue weighted by Gasteiger charge is 2.18. The van der Waals surface area contributed by atoms with E-state index in [4.69, 9.17) is 11.6 Å². The first-order valence-electron chi connectivity index (χ1n) is 7.62. The molecule has 1 atom stereocenters. The van der Waals surface area contributed by atoms with Crippen LogP contribution in [0.1, 0.15) is 13.0 Å². The highest BCUT2D eigenvalue weighted by molar-refractivity contribution is 6.30. The predicted octanol–water partition coefficient (Wildman–Crippen LogP) is 3.16. The maximum Gasteiger partial charge on any atom is 0.365 e. The molecule has 0 aliphatic carbocycles. The Labute approximate surface area is 149 Å². The second-order valence-corrected chi connectivity index (χ2v) is 5.84. The smallest absolute Gasteiger partial charge is 0.324 e. The lowest BCUT2D eigenvalue weighted by Crippen LogP contribution is -2.34. The number of amides is 1. The number of nitrogens with zero attached hydrogens (tertiary/aromatic N) is 3. The predicted molar refractivity (Wildman–Crippen MR) is 96.5 cm³/mol. The number of carbonyl (C=O) groups is 1. The van der Waals surface area contributed by atoms with Crippen molar-refractivity contribution in [1.29, 1.82) is 0 Å². The third-order valence-corrected chi connectivity index (χ3v) is 3.90. The molecule has 0 spiro atoms. The summed E-state index contributed by atoms with van der Waals surface area (Å²) < 4.78 is 1.05. The molecule has 0 bridgehead atoms. The molecular formula is C18H15ClN4O2. The molecule has 1 N–H and O–H groups in total. The second-order valence-electron chi connectivity index (χ2n) is 5.41. The van der Waals surface area contributed by atoms with E-state index < -0.39 is 11.7 Å². The molecular weight excluding hydrogens is 340 g/mol. The van der Waals surface area contributed by atoms with Gasteiger partial charge in [-0.25, -0.2) is 9.48 Å². The van der Waals surface area contributed by atoms with Gasteiger partial charge in [0.1, 0.15) is 6.04 Å². The van der Waals surface area contributed by atoms with E-state index in [0.29, 0.717) is 16.4 Å². The molecule has 0 aliphatic heterocycles. The molecule has 126 valence electrons. The molecule has 0 saturated heterocycles. The molecule has 6 nitrogen and oxygen atoms in total. The molecule has 1 unspecified atom stereocenters. The molecule has 1 aromatic heterocycles. The van der Waals surface area contributed by atoms with Gasteiger partial charge in [-0.3, -0.25) is 4.79 Å². The molecule has 3 rings (SSSR count). The van der Waals surface area contributed by atoms with Gasteiger partial charge < -0.3 is 5.32 Å². The molecule has 7 heteroatoms. The van der Waals surface area contributed by atoms with Gasteiger partial charge in [0.15, 0.2) is 0 Å². The molecule has 1 amide bonds. The van der Waals surface area contributed by atoms with Crippen molar-refractivity contribution in [2.75, 3.05) is 5.32 Å². The van der Waals surface area contributed by atoms with E-state index >= 15 is 0 Å². The monoisotopic (exact) mass is 354 g/mol. The van der Waals surface area contributed by atoms with Crippen molar-refractivity contribution in [1.82, 2.24) is 14.8 Å². The van der Waals surface area contributed by atoms with Crippen LogP contribution in [0.3, 0.4) is 0 Å². The average molecular weight is 355 g/mol. The summed E-state index contributed by atoms with van der Waals surface area (Å²) in [7, 11) is 0. The largest absolute Gasteiger partial charge is 0.365 e. The van der Waals surface area contributed by atoms with Crippen LogP contribution in [-0.4, -0.2) is 20.7 Å². The summed E-state index contributed by atoms with van der Waals surface area (Å²) in [4.78, 5) is 28.6. The number of benzene rings is 2.